The van der Waals surface area contributed by atoms with Crippen molar-refractivity contribution in [3.05, 3.63) is 5.01 Å². The molecular weight excluding hydrogens is 312 g/mol. The molecule has 0 bridgehead atoms. The monoisotopic (exact) mass is 338 g/mol. The Bertz CT molecular complexity index is 528. The van der Waals surface area contributed by atoms with E-state index in [-0.39, 0.29) is 18.2 Å². The number of nitrogens with one attached hydrogen (secondary N) is 2. The highest BCUT2D eigenvalue weighted by Crippen LogP contribution is 2.42. The molecule has 6 nitrogen and oxygen atoms in total. The molecule has 128 valence electrons. The third kappa shape index (κ3) is 4.41. The average molecular weight is 338 g/mol. The van der Waals surface area contributed by atoms with Gasteiger partial charge in [0.05, 0.1) is 6.10 Å². The number of carbonyl (C=O) groups is 1. The minimum atomic E-state index is -0.182. The molecule has 1 saturated heterocycles. The predicted molar refractivity (Wildman–Crippen MR) is 90.9 cm³/mol. The van der Waals surface area contributed by atoms with Gasteiger partial charge in [0.2, 0.25) is 5.13 Å². The van der Waals surface area contributed by atoms with Gasteiger partial charge in [-0.2, -0.15) is 0 Å². The maximum atomic E-state index is 12.2. The molecule has 3 rings (SSSR count). The number of ether oxygens (including phenoxy) is 1. The summed E-state index contributed by atoms with van der Waals surface area (Å²) in [6.07, 6.45) is 6.65. The topological polar surface area (TPSA) is 76.1 Å². The van der Waals surface area contributed by atoms with Gasteiger partial charge in [-0.15, -0.1) is 10.2 Å². The molecule has 2 atom stereocenters. The summed E-state index contributed by atoms with van der Waals surface area (Å²) in [7, 11) is 0. The summed E-state index contributed by atoms with van der Waals surface area (Å²) in [6, 6.07) is -0.0103. The van der Waals surface area contributed by atoms with Crippen LogP contribution in [0.1, 0.15) is 63.3 Å². The largest absolute Gasteiger partial charge is 0.378 e. The van der Waals surface area contributed by atoms with Crippen molar-refractivity contribution in [1.82, 2.24) is 15.5 Å². The van der Waals surface area contributed by atoms with Gasteiger partial charge in [-0.3, -0.25) is 5.32 Å². The first kappa shape index (κ1) is 16.6. The maximum absolute atomic E-state index is 12.2. The van der Waals surface area contributed by atoms with E-state index < -0.39 is 0 Å². The Labute approximate surface area is 141 Å². The van der Waals surface area contributed by atoms with E-state index in [1.807, 2.05) is 0 Å². The normalized spacial score (nSPS) is 24.7. The van der Waals surface area contributed by atoms with Crippen LogP contribution in [0.15, 0.2) is 0 Å². The van der Waals surface area contributed by atoms with Gasteiger partial charge < -0.3 is 10.1 Å². The number of amides is 2. The molecule has 0 aromatic carbocycles. The summed E-state index contributed by atoms with van der Waals surface area (Å²) in [5.74, 6) is 1.15. The highest BCUT2D eigenvalue weighted by molar-refractivity contribution is 7.15. The number of anilines is 1. The number of aromatic nitrogens is 2. The van der Waals surface area contributed by atoms with Crippen LogP contribution < -0.4 is 10.6 Å². The third-order valence-corrected chi connectivity index (χ3v) is 5.81. The molecule has 0 radical (unpaired) electrons. The summed E-state index contributed by atoms with van der Waals surface area (Å²) >= 11 is 1.49. The molecule has 0 spiro atoms. The van der Waals surface area contributed by atoms with Crippen LogP contribution in [0.25, 0.3) is 0 Å². The minimum Gasteiger partial charge on any atom is -0.378 e. The van der Waals surface area contributed by atoms with Crippen molar-refractivity contribution in [1.29, 1.82) is 0 Å². The maximum Gasteiger partial charge on any atom is 0.321 e. The summed E-state index contributed by atoms with van der Waals surface area (Å²) < 4.78 is 5.90. The molecule has 7 heteroatoms. The average Bonchev–Trinajstić information content (AvgIpc) is 3.29. The second-order valence-corrected chi connectivity index (χ2v) is 7.53. The third-order valence-electron chi connectivity index (χ3n) is 4.81. The van der Waals surface area contributed by atoms with Crippen LogP contribution in [0, 0.1) is 5.92 Å². The van der Waals surface area contributed by atoms with Gasteiger partial charge in [0.25, 0.3) is 0 Å². The zero-order chi connectivity index (χ0) is 16.2. The van der Waals surface area contributed by atoms with Crippen LogP contribution in [0.2, 0.25) is 0 Å². The van der Waals surface area contributed by atoms with Crippen LogP contribution >= 0.6 is 11.3 Å². The van der Waals surface area contributed by atoms with Gasteiger partial charge in [-0.05, 0) is 31.6 Å². The Morgan fingerprint density at radius 3 is 2.78 bits per heavy atom. The first-order valence-electron chi connectivity index (χ1n) is 8.72. The lowest BCUT2D eigenvalue weighted by Gasteiger charge is -2.34. The first-order valence-corrected chi connectivity index (χ1v) is 9.53. The molecule has 1 aromatic rings. The SMILES string of the molecule is CCC(CC)[C@@H]1C[C@@H](NC(=O)Nc2nnc(C3CC3)s2)CCO1. The highest BCUT2D eigenvalue weighted by Gasteiger charge is 2.29. The lowest BCUT2D eigenvalue weighted by atomic mass is 9.89. The fraction of sp³-hybridized carbons (Fsp3) is 0.812. The molecular formula is C16H26N4O2S. The van der Waals surface area contributed by atoms with E-state index >= 15 is 0 Å². The molecule has 1 aliphatic heterocycles. The van der Waals surface area contributed by atoms with E-state index in [0.29, 0.717) is 17.0 Å². The summed E-state index contributed by atoms with van der Waals surface area (Å²) in [5, 5.41) is 15.7. The van der Waals surface area contributed by atoms with Gasteiger partial charge in [-0.1, -0.05) is 38.0 Å². The van der Waals surface area contributed by atoms with Gasteiger partial charge >= 0.3 is 6.03 Å². The van der Waals surface area contributed by atoms with E-state index in [4.69, 9.17) is 4.74 Å². The van der Waals surface area contributed by atoms with Crippen molar-refractivity contribution >= 4 is 22.5 Å². The molecule has 2 N–H and O–H groups in total. The second kappa shape index (κ2) is 7.57. The predicted octanol–water partition coefficient (Wildman–Crippen LogP) is 3.52. The van der Waals surface area contributed by atoms with Crippen LogP contribution in [-0.4, -0.2) is 35.0 Å². The molecule has 0 unspecified atom stereocenters. The molecule has 2 aliphatic rings. The minimum absolute atomic E-state index is 0.171. The van der Waals surface area contributed by atoms with Crippen LogP contribution in [0.3, 0.4) is 0 Å². The van der Waals surface area contributed by atoms with Gasteiger partial charge in [0.15, 0.2) is 0 Å². The lowest BCUT2D eigenvalue weighted by molar-refractivity contribution is -0.0329. The number of hydrogen-bond acceptors (Lipinski definition) is 5. The number of nitrogens with zero attached hydrogens (tertiary/aromatic N) is 2. The van der Waals surface area contributed by atoms with Crippen molar-refractivity contribution in [2.75, 3.05) is 11.9 Å². The summed E-state index contributed by atoms with van der Waals surface area (Å²) in [4.78, 5) is 12.2. The highest BCUT2D eigenvalue weighted by atomic mass is 32.1. The Morgan fingerprint density at radius 2 is 2.09 bits per heavy atom. The van der Waals surface area contributed by atoms with E-state index in [2.05, 4.69) is 34.7 Å². The standard InChI is InChI=1S/C16H26N4O2S/c1-3-10(4-2)13-9-12(7-8-22-13)17-15(21)18-16-20-19-14(23-16)11-5-6-11/h10-13H,3-9H2,1-2H3,(H2,17,18,20,21)/t12-,13-/m0/s1. The van der Waals surface area contributed by atoms with E-state index in [1.165, 1.54) is 24.2 Å². The first-order chi connectivity index (χ1) is 11.2. The van der Waals surface area contributed by atoms with Crippen LogP contribution in [0.5, 0.6) is 0 Å². The zero-order valence-electron chi connectivity index (χ0n) is 13.9. The summed E-state index contributed by atoms with van der Waals surface area (Å²) in [5.41, 5.74) is 0. The molecule has 1 saturated carbocycles. The smallest absolute Gasteiger partial charge is 0.321 e. The number of carbonyl (C=O) groups excluding carboxylic acids is 1. The Kier molecular flexibility index (Phi) is 5.48. The van der Waals surface area contributed by atoms with Gasteiger partial charge in [0, 0.05) is 18.6 Å². The molecule has 1 aromatic heterocycles. The van der Waals surface area contributed by atoms with Crippen molar-refractivity contribution in [2.24, 2.45) is 5.92 Å². The van der Waals surface area contributed by atoms with Crippen molar-refractivity contribution in [2.45, 2.75) is 70.4 Å². The number of urea groups is 1. The quantitative estimate of drug-likeness (QED) is 0.832. The Morgan fingerprint density at radius 1 is 1.30 bits per heavy atom. The van der Waals surface area contributed by atoms with Crippen molar-refractivity contribution < 1.29 is 9.53 Å². The van der Waals surface area contributed by atoms with E-state index in [9.17, 15) is 4.79 Å². The van der Waals surface area contributed by atoms with Crippen LogP contribution in [0.4, 0.5) is 9.93 Å². The number of rotatable bonds is 6. The van der Waals surface area contributed by atoms with Gasteiger partial charge in [-0.25, -0.2) is 4.79 Å². The van der Waals surface area contributed by atoms with E-state index in [1.54, 1.807) is 0 Å². The van der Waals surface area contributed by atoms with E-state index in [0.717, 1.165) is 37.3 Å². The molecule has 23 heavy (non-hydrogen) atoms. The molecule has 1 aliphatic carbocycles. The van der Waals surface area contributed by atoms with Crippen LogP contribution in [-0.2, 0) is 4.74 Å². The summed E-state index contributed by atoms with van der Waals surface area (Å²) in [6.45, 7) is 5.12. The zero-order valence-corrected chi connectivity index (χ0v) is 14.7. The van der Waals surface area contributed by atoms with Crippen molar-refractivity contribution in [3.63, 3.8) is 0 Å². The lowest BCUT2D eigenvalue weighted by Crippen LogP contribution is -2.45. The fourth-order valence-corrected chi connectivity index (χ4v) is 4.11. The fourth-order valence-electron chi connectivity index (χ4n) is 3.20. The Hall–Kier alpha value is -1.21. The molecule has 2 amide bonds. The van der Waals surface area contributed by atoms with Crippen molar-refractivity contribution in [3.8, 4) is 0 Å². The van der Waals surface area contributed by atoms with Gasteiger partial charge in [0.1, 0.15) is 5.01 Å². The molecule has 2 heterocycles. The second-order valence-electron chi connectivity index (χ2n) is 6.53. The Balaban J connectivity index is 1.48. The number of hydrogen-bond donors (Lipinski definition) is 2. The molecule has 2 fully saturated rings.